The minimum Gasteiger partial charge on any atom is -0.381 e. The molecule has 0 aliphatic heterocycles. The van der Waals surface area contributed by atoms with Gasteiger partial charge in [-0.1, -0.05) is 15.9 Å². The van der Waals surface area contributed by atoms with E-state index in [9.17, 15) is 0 Å². The lowest BCUT2D eigenvalue weighted by atomic mass is 9.98. The second kappa shape index (κ2) is 3.52. The van der Waals surface area contributed by atoms with Crippen LogP contribution in [0.3, 0.4) is 0 Å². The van der Waals surface area contributed by atoms with Gasteiger partial charge in [0.25, 0.3) is 0 Å². The summed E-state index contributed by atoms with van der Waals surface area (Å²) in [5.41, 5.74) is 0. The van der Waals surface area contributed by atoms with Crippen LogP contribution in [0.1, 0.15) is 12.8 Å². The highest BCUT2D eigenvalue weighted by atomic mass is 79.9. The number of nitrogens with zero attached hydrogens (tertiary/aromatic N) is 1. The highest BCUT2D eigenvalue weighted by molar-refractivity contribution is 9.09. The van der Waals surface area contributed by atoms with Gasteiger partial charge < -0.3 is 9.64 Å². The maximum absolute atomic E-state index is 5.53. The largest absolute Gasteiger partial charge is 0.381 e. The van der Waals surface area contributed by atoms with E-state index in [4.69, 9.17) is 4.74 Å². The number of hydrogen-bond donors (Lipinski definition) is 0. The lowest BCUT2D eigenvalue weighted by Gasteiger charge is -2.25. The zero-order chi connectivity index (χ0) is 9.59. The van der Waals surface area contributed by atoms with Gasteiger partial charge in [-0.15, -0.1) is 0 Å². The Morgan fingerprint density at radius 2 is 1.92 bits per heavy atom. The highest BCUT2D eigenvalue weighted by Gasteiger charge is 2.53. The van der Waals surface area contributed by atoms with E-state index in [0.717, 1.165) is 22.7 Å². The number of ether oxygens (including phenoxy) is 1. The van der Waals surface area contributed by atoms with Gasteiger partial charge in [0, 0.05) is 23.9 Å². The Labute approximate surface area is 88.8 Å². The molecule has 0 saturated heterocycles. The van der Waals surface area contributed by atoms with E-state index in [1.165, 1.54) is 12.8 Å². The first-order valence-corrected chi connectivity index (χ1v) is 5.90. The molecule has 2 rings (SSSR count). The Morgan fingerprint density at radius 1 is 1.23 bits per heavy atom. The first-order chi connectivity index (χ1) is 6.15. The molecular formula is C10H18BrNO. The van der Waals surface area contributed by atoms with E-state index in [-0.39, 0.29) is 0 Å². The molecule has 76 valence electrons. The van der Waals surface area contributed by atoms with Gasteiger partial charge in [-0.2, -0.15) is 0 Å². The van der Waals surface area contributed by atoms with Gasteiger partial charge in [0.05, 0.1) is 6.10 Å². The van der Waals surface area contributed by atoms with E-state index < -0.39 is 0 Å². The van der Waals surface area contributed by atoms with Crippen molar-refractivity contribution in [3.8, 4) is 0 Å². The van der Waals surface area contributed by atoms with Crippen LogP contribution in [0.2, 0.25) is 0 Å². The van der Waals surface area contributed by atoms with Gasteiger partial charge in [0.15, 0.2) is 0 Å². The molecule has 0 aromatic heterocycles. The van der Waals surface area contributed by atoms with Crippen molar-refractivity contribution < 1.29 is 4.74 Å². The molecule has 2 nitrogen and oxygen atoms in total. The minimum absolute atomic E-state index is 0.506. The minimum atomic E-state index is 0.506. The normalized spacial score (nSPS) is 49.2. The summed E-state index contributed by atoms with van der Waals surface area (Å²) >= 11 is 3.78. The first kappa shape index (κ1) is 9.94. The summed E-state index contributed by atoms with van der Waals surface area (Å²) in [7, 11) is 6.23. The van der Waals surface area contributed by atoms with Gasteiger partial charge in [0.1, 0.15) is 0 Å². The SMILES string of the molecule is COC1CC2C(Br)CC1C2N(C)C. The van der Waals surface area contributed by atoms with Crippen LogP contribution in [0.5, 0.6) is 0 Å². The predicted octanol–water partition coefficient (Wildman–Crippen LogP) is 1.73. The number of alkyl halides is 1. The molecule has 0 heterocycles. The fourth-order valence-corrected chi connectivity index (χ4v) is 4.20. The molecule has 0 spiro atoms. The van der Waals surface area contributed by atoms with Gasteiger partial charge in [0.2, 0.25) is 0 Å². The topological polar surface area (TPSA) is 12.5 Å². The molecule has 0 aromatic carbocycles. The van der Waals surface area contributed by atoms with Crippen LogP contribution in [-0.2, 0) is 4.74 Å². The van der Waals surface area contributed by atoms with Crippen molar-refractivity contribution in [2.75, 3.05) is 21.2 Å². The molecule has 0 N–H and O–H groups in total. The Bertz CT molecular complexity index is 197. The summed E-state index contributed by atoms with van der Waals surface area (Å²) in [6.07, 6.45) is 3.03. The number of hydrogen-bond acceptors (Lipinski definition) is 2. The summed E-state index contributed by atoms with van der Waals surface area (Å²) in [4.78, 5) is 3.09. The Hall–Kier alpha value is 0.400. The third kappa shape index (κ3) is 1.45. The maximum atomic E-state index is 5.53. The van der Waals surface area contributed by atoms with Gasteiger partial charge in [-0.05, 0) is 32.9 Å². The molecule has 3 heteroatoms. The average Bonchev–Trinajstić information content (AvgIpc) is 2.56. The second-order valence-corrected chi connectivity index (χ2v) is 5.72. The van der Waals surface area contributed by atoms with Crippen molar-refractivity contribution in [3.63, 3.8) is 0 Å². The summed E-state index contributed by atoms with van der Waals surface area (Å²) in [6, 6.07) is 0.731. The van der Waals surface area contributed by atoms with Crippen LogP contribution in [-0.4, -0.2) is 43.1 Å². The van der Waals surface area contributed by atoms with Crippen molar-refractivity contribution in [1.82, 2.24) is 4.90 Å². The zero-order valence-electron chi connectivity index (χ0n) is 8.53. The lowest BCUT2D eigenvalue weighted by molar-refractivity contribution is 0.0502. The third-order valence-corrected chi connectivity index (χ3v) is 4.77. The number of halogens is 1. The fourth-order valence-electron chi connectivity index (χ4n) is 3.24. The van der Waals surface area contributed by atoms with Crippen molar-refractivity contribution in [2.45, 2.75) is 29.8 Å². The summed E-state index contributed by atoms with van der Waals surface area (Å²) in [5, 5.41) is 0. The summed E-state index contributed by atoms with van der Waals surface area (Å²) in [5.74, 6) is 1.54. The van der Waals surface area contributed by atoms with Crippen LogP contribution < -0.4 is 0 Å². The monoisotopic (exact) mass is 247 g/mol. The predicted molar refractivity (Wildman–Crippen MR) is 57.2 cm³/mol. The van der Waals surface area contributed by atoms with Crippen LogP contribution in [0.25, 0.3) is 0 Å². The van der Waals surface area contributed by atoms with Crippen LogP contribution in [0, 0.1) is 11.8 Å². The number of fused-ring (bicyclic) bond motifs is 2. The molecule has 2 aliphatic rings. The third-order valence-electron chi connectivity index (χ3n) is 3.72. The van der Waals surface area contributed by atoms with Gasteiger partial charge in [-0.3, -0.25) is 0 Å². The highest BCUT2D eigenvalue weighted by Crippen LogP contribution is 2.50. The van der Waals surface area contributed by atoms with E-state index in [0.29, 0.717) is 6.10 Å². The van der Waals surface area contributed by atoms with Gasteiger partial charge >= 0.3 is 0 Å². The molecule has 2 aliphatic carbocycles. The fraction of sp³-hybridized carbons (Fsp3) is 1.00. The van der Waals surface area contributed by atoms with Gasteiger partial charge in [-0.25, -0.2) is 0 Å². The van der Waals surface area contributed by atoms with Crippen LogP contribution >= 0.6 is 15.9 Å². The molecule has 13 heavy (non-hydrogen) atoms. The number of rotatable bonds is 2. The summed E-state index contributed by atoms with van der Waals surface area (Å²) < 4.78 is 5.53. The van der Waals surface area contributed by atoms with E-state index in [2.05, 4.69) is 34.9 Å². The lowest BCUT2D eigenvalue weighted by Crippen LogP contribution is -2.34. The van der Waals surface area contributed by atoms with Crippen LogP contribution in [0.4, 0.5) is 0 Å². The Morgan fingerprint density at radius 3 is 2.38 bits per heavy atom. The number of methoxy groups -OCH3 is 1. The van der Waals surface area contributed by atoms with Crippen LogP contribution in [0.15, 0.2) is 0 Å². The molecule has 2 saturated carbocycles. The van der Waals surface area contributed by atoms with E-state index >= 15 is 0 Å². The molecule has 5 atom stereocenters. The molecule has 2 bridgehead atoms. The van der Waals surface area contributed by atoms with E-state index in [1.807, 2.05) is 7.11 Å². The maximum Gasteiger partial charge on any atom is 0.0618 e. The Balaban J connectivity index is 2.14. The standard InChI is InChI=1S/C10H18BrNO/c1-12(2)10-6-5-9(13-3)7(10)4-8(6)11/h6-10H,4-5H2,1-3H3. The van der Waals surface area contributed by atoms with Crippen molar-refractivity contribution in [3.05, 3.63) is 0 Å². The smallest absolute Gasteiger partial charge is 0.0618 e. The quantitative estimate of drug-likeness (QED) is 0.690. The Kier molecular flexibility index (Phi) is 2.69. The zero-order valence-corrected chi connectivity index (χ0v) is 10.1. The van der Waals surface area contributed by atoms with Crippen molar-refractivity contribution in [2.24, 2.45) is 11.8 Å². The molecule has 0 amide bonds. The second-order valence-electron chi connectivity index (χ2n) is 4.54. The molecule has 2 fully saturated rings. The molecule has 0 radical (unpaired) electrons. The molecule has 0 aromatic rings. The van der Waals surface area contributed by atoms with Crippen molar-refractivity contribution in [1.29, 1.82) is 0 Å². The first-order valence-electron chi connectivity index (χ1n) is 4.98. The van der Waals surface area contributed by atoms with Crippen molar-refractivity contribution >= 4 is 15.9 Å². The molecular weight excluding hydrogens is 230 g/mol. The summed E-state index contributed by atoms with van der Waals surface area (Å²) in [6.45, 7) is 0. The van der Waals surface area contributed by atoms with E-state index in [1.54, 1.807) is 0 Å². The molecule has 5 unspecified atom stereocenters. The average molecular weight is 248 g/mol.